The third-order valence-corrected chi connectivity index (χ3v) is 14.2. The number of hydrogen-bond donors (Lipinski definition) is 0. The van der Waals surface area contributed by atoms with Gasteiger partial charge in [0.15, 0.2) is 0 Å². The van der Waals surface area contributed by atoms with Gasteiger partial charge < -0.3 is 0 Å². The van der Waals surface area contributed by atoms with E-state index in [0.29, 0.717) is 0 Å². The monoisotopic (exact) mass is 425 g/mol. The Morgan fingerprint density at radius 3 is 1.45 bits per heavy atom. The van der Waals surface area contributed by atoms with Crippen molar-refractivity contribution < 1.29 is 0 Å². The first-order valence-corrected chi connectivity index (χ1v) is 14.3. The van der Waals surface area contributed by atoms with E-state index in [4.69, 9.17) is 0 Å². The minimum atomic E-state index is -1.24. The molecule has 5 rings (SSSR count). The smallest absolute Gasteiger partial charge is 0.0617 e. The molecule has 158 valence electrons. The highest BCUT2D eigenvalue weighted by molar-refractivity contribution is 7.75. The molecule has 0 saturated heterocycles. The fourth-order valence-corrected chi connectivity index (χ4v) is 11.4. The van der Waals surface area contributed by atoms with Crippen molar-refractivity contribution >= 4 is 28.8 Å². The zero-order valence-electron chi connectivity index (χ0n) is 19.4. The lowest BCUT2D eigenvalue weighted by Gasteiger charge is -2.37. The van der Waals surface area contributed by atoms with Gasteiger partial charge in [-0.1, -0.05) is 86.6 Å². The molecule has 0 aromatic heterocycles. The lowest BCUT2D eigenvalue weighted by molar-refractivity contribution is 0.802. The summed E-state index contributed by atoms with van der Waals surface area (Å²) < 4.78 is 0. The standard InChI is InChI=1S/C30H34P/c1-5-21(3)31(22(4)6-2)19-25-17-15-23-11-7-9-13-27(23)29(25)30-26(20-31)18-16-24-12-8-10-14-28(24)30/h7-18,21-22H,5-6,19-20H2,1-4H3/q+1/t21-,22+. The summed E-state index contributed by atoms with van der Waals surface area (Å²) in [7, 11) is -1.24. The molecule has 1 aliphatic heterocycles. The number of benzene rings is 4. The van der Waals surface area contributed by atoms with E-state index in [2.05, 4.69) is 100 Å². The molecule has 1 aliphatic rings. The first-order valence-electron chi connectivity index (χ1n) is 12.0. The minimum absolute atomic E-state index is 0.791. The molecule has 1 heteroatoms. The van der Waals surface area contributed by atoms with Gasteiger partial charge in [0.25, 0.3) is 0 Å². The summed E-state index contributed by atoms with van der Waals surface area (Å²) in [6, 6.07) is 27.7. The van der Waals surface area contributed by atoms with E-state index < -0.39 is 7.26 Å². The molecule has 4 aromatic carbocycles. The van der Waals surface area contributed by atoms with Crippen molar-refractivity contribution in [2.45, 2.75) is 64.2 Å². The van der Waals surface area contributed by atoms with E-state index in [1.54, 1.807) is 11.1 Å². The van der Waals surface area contributed by atoms with Crippen LogP contribution in [0.15, 0.2) is 72.8 Å². The Morgan fingerprint density at radius 2 is 1.03 bits per heavy atom. The van der Waals surface area contributed by atoms with Crippen LogP contribution in [0.3, 0.4) is 0 Å². The quantitative estimate of drug-likeness (QED) is 0.286. The molecule has 0 spiro atoms. The van der Waals surface area contributed by atoms with Gasteiger partial charge in [-0.25, -0.2) is 0 Å². The molecule has 31 heavy (non-hydrogen) atoms. The third kappa shape index (κ3) is 3.23. The summed E-state index contributed by atoms with van der Waals surface area (Å²) in [6.45, 7) is 9.91. The van der Waals surface area contributed by atoms with Gasteiger partial charge in [0, 0.05) is 7.26 Å². The largest absolute Gasteiger partial charge is 0.0857 e. The maximum absolute atomic E-state index is 2.55. The predicted octanol–water partition coefficient (Wildman–Crippen LogP) is 9.29. The highest BCUT2D eigenvalue weighted by atomic mass is 31.2. The maximum atomic E-state index is 2.55. The molecule has 0 saturated carbocycles. The summed E-state index contributed by atoms with van der Waals surface area (Å²) in [6.07, 6.45) is 5.12. The molecule has 0 bridgehead atoms. The van der Waals surface area contributed by atoms with Crippen molar-refractivity contribution in [2.24, 2.45) is 0 Å². The van der Waals surface area contributed by atoms with E-state index in [9.17, 15) is 0 Å². The van der Waals surface area contributed by atoms with Crippen molar-refractivity contribution in [3.8, 4) is 11.1 Å². The van der Waals surface area contributed by atoms with Gasteiger partial charge in [0.1, 0.15) is 0 Å². The number of rotatable bonds is 4. The molecule has 0 amide bonds. The van der Waals surface area contributed by atoms with Crippen LogP contribution in [0.1, 0.15) is 51.7 Å². The van der Waals surface area contributed by atoms with Crippen LogP contribution in [0.4, 0.5) is 0 Å². The highest BCUT2D eigenvalue weighted by Crippen LogP contribution is 2.74. The first-order chi connectivity index (χ1) is 15.1. The third-order valence-electron chi connectivity index (χ3n) is 8.15. The Kier molecular flexibility index (Phi) is 5.39. The van der Waals surface area contributed by atoms with E-state index >= 15 is 0 Å². The molecule has 0 radical (unpaired) electrons. The zero-order chi connectivity index (χ0) is 21.6. The summed E-state index contributed by atoms with van der Waals surface area (Å²) in [5.74, 6) is 0. The molecule has 0 fully saturated rings. The second-order valence-corrected chi connectivity index (χ2v) is 14.2. The van der Waals surface area contributed by atoms with Crippen LogP contribution >= 0.6 is 7.26 Å². The average molecular weight is 426 g/mol. The second kappa shape index (κ2) is 8.07. The van der Waals surface area contributed by atoms with Crippen LogP contribution in [0, 0.1) is 0 Å². The Morgan fingerprint density at radius 1 is 0.613 bits per heavy atom. The predicted molar refractivity (Wildman–Crippen MR) is 141 cm³/mol. The van der Waals surface area contributed by atoms with Crippen molar-refractivity contribution in [2.75, 3.05) is 0 Å². The Labute approximate surface area is 188 Å². The van der Waals surface area contributed by atoms with Gasteiger partial charge in [-0.15, -0.1) is 0 Å². The zero-order valence-corrected chi connectivity index (χ0v) is 20.3. The first kappa shape index (κ1) is 20.7. The van der Waals surface area contributed by atoms with Gasteiger partial charge in [0.2, 0.25) is 0 Å². The van der Waals surface area contributed by atoms with E-state index in [0.717, 1.165) is 11.3 Å². The molecule has 0 unspecified atom stereocenters. The molecular formula is C30H34P+. The SMILES string of the molecule is CC[C@@H](C)[P+]1([C@@H](C)CC)Cc2ccc3ccccc3c2-c2c(ccc3ccccc23)C1. The Bertz CT molecular complexity index is 1150. The van der Waals surface area contributed by atoms with Crippen LogP contribution in [0.25, 0.3) is 32.7 Å². The van der Waals surface area contributed by atoms with Gasteiger partial charge in [-0.2, -0.15) is 0 Å². The van der Waals surface area contributed by atoms with Gasteiger partial charge >= 0.3 is 0 Å². The molecular weight excluding hydrogens is 391 g/mol. The van der Waals surface area contributed by atoms with Gasteiger partial charge in [-0.3, -0.25) is 0 Å². The van der Waals surface area contributed by atoms with Crippen molar-refractivity contribution in [1.82, 2.24) is 0 Å². The van der Waals surface area contributed by atoms with E-state index in [1.165, 1.54) is 57.8 Å². The lowest BCUT2D eigenvalue weighted by Crippen LogP contribution is -2.22. The maximum Gasteiger partial charge on any atom is 0.0857 e. The van der Waals surface area contributed by atoms with Crippen LogP contribution in [-0.4, -0.2) is 11.3 Å². The van der Waals surface area contributed by atoms with Crippen LogP contribution in [0.2, 0.25) is 0 Å². The highest BCUT2D eigenvalue weighted by Gasteiger charge is 2.49. The van der Waals surface area contributed by atoms with Crippen LogP contribution in [-0.2, 0) is 12.3 Å². The molecule has 0 aliphatic carbocycles. The van der Waals surface area contributed by atoms with Crippen molar-refractivity contribution in [1.29, 1.82) is 0 Å². The molecule has 4 aromatic rings. The number of hydrogen-bond acceptors (Lipinski definition) is 0. The summed E-state index contributed by atoms with van der Waals surface area (Å²) in [5.41, 5.74) is 7.78. The fraction of sp³-hybridized carbons (Fsp3) is 0.333. The normalized spacial score (nSPS) is 17.0. The Balaban J connectivity index is 1.92. The topological polar surface area (TPSA) is 0 Å². The summed E-state index contributed by atoms with van der Waals surface area (Å²) in [4.78, 5) is 0. The summed E-state index contributed by atoms with van der Waals surface area (Å²) >= 11 is 0. The van der Waals surface area contributed by atoms with Crippen LogP contribution < -0.4 is 0 Å². The lowest BCUT2D eigenvalue weighted by atomic mass is 9.88. The van der Waals surface area contributed by atoms with E-state index in [1.807, 2.05) is 0 Å². The number of fused-ring (bicyclic) bond motifs is 7. The second-order valence-electron chi connectivity index (χ2n) is 9.58. The molecule has 2 atom stereocenters. The van der Waals surface area contributed by atoms with Gasteiger partial charge in [0.05, 0.1) is 23.6 Å². The average Bonchev–Trinajstić information content (AvgIpc) is 2.98. The minimum Gasteiger partial charge on any atom is -0.0617 e. The van der Waals surface area contributed by atoms with Crippen molar-refractivity contribution in [3.63, 3.8) is 0 Å². The van der Waals surface area contributed by atoms with E-state index in [-0.39, 0.29) is 0 Å². The van der Waals surface area contributed by atoms with Gasteiger partial charge in [-0.05, 0) is 70.5 Å². The van der Waals surface area contributed by atoms with Crippen molar-refractivity contribution in [3.05, 3.63) is 83.9 Å². The Hall–Kier alpha value is -2.17. The molecule has 0 N–H and O–H groups in total. The molecule has 0 nitrogen and oxygen atoms in total. The molecule has 1 heterocycles. The summed E-state index contributed by atoms with van der Waals surface area (Å²) in [5, 5.41) is 5.56. The van der Waals surface area contributed by atoms with Crippen LogP contribution in [0.5, 0.6) is 0 Å². The fourth-order valence-electron chi connectivity index (χ4n) is 5.96.